The molecule has 4 rings (SSSR count). The lowest BCUT2D eigenvalue weighted by molar-refractivity contribution is 0.0994. The van der Waals surface area contributed by atoms with Crippen molar-refractivity contribution in [3.05, 3.63) is 58.7 Å². The third kappa shape index (κ3) is 1.17. The number of hydrogen-bond acceptors (Lipinski definition) is 1. The van der Waals surface area contributed by atoms with Gasteiger partial charge >= 0.3 is 0 Å². The summed E-state index contributed by atoms with van der Waals surface area (Å²) in [6, 6.07) is 12.9. The highest BCUT2D eigenvalue weighted by molar-refractivity contribution is 6.01. The highest BCUT2D eigenvalue weighted by Crippen LogP contribution is 2.39. The van der Waals surface area contributed by atoms with Gasteiger partial charge in [-0.15, -0.1) is 0 Å². The van der Waals surface area contributed by atoms with Gasteiger partial charge in [0, 0.05) is 12.0 Å². The molecule has 1 heteroatoms. The van der Waals surface area contributed by atoms with Gasteiger partial charge in [0.2, 0.25) is 0 Å². The largest absolute Gasteiger partial charge is 0.294 e. The smallest absolute Gasteiger partial charge is 0.163 e. The van der Waals surface area contributed by atoms with E-state index in [2.05, 4.69) is 36.4 Å². The molecule has 0 amide bonds. The highest BCUT2D eigenvalue weighted by Gasteiger charge is 2.25. The summed E-state index contributed by atoms with van der Waals surface area (Å²) in [5.74, 6) is 0.318. The molecule has 2 aromatic rings. The summed E-state index contributed by atoms with van der Waals surface area (Å²) in [6.07, 6.45) is 2.59. The molecule has 0 unspecified atom stereocenters. The Kier molecular flexibility index (Phi) is 1.66. The maximum absolute atomic E-state index is 11.7. The Labute approximate surface area is 100 Å². The zero-order chi connectivity index (χ0) is 11.4. The molecule has 0 N–H and O–H groups in total. The third-order valence-electron chi connectivity index (χ3n) is 3.94. The number of rotatable bonds is 0. The molecule has 0 aliphatic heterocycles. The fourth-order valence-electron chi connectivity index (χ4n) is 3.08. The van der Waals surface area contributed by atoms with Crippen LogP contribution in [0, 0.1) is 0 Å². The molecule has 1 nitrogen and oxygen atoms in total. The molecular weight excluding hydrogens is 208 g/mol. The van der Waals surface area contributed by atoms with E-state index in [1.807, 2.05) is 0 Å². The molecule has 2 aromatic carbocycles. The number of ketones is 1. The summed E-state index contributed by atoms with van der Waals surface area (Å²) in [4.78, 5) is 11.7. The first-order chi connectivity index (χ1) is 8.33. The molecular formula is C16H12O. The highest BCUT2D eigenvalue weighted by atomic mass is 16.1. The quantitative estimate of drug-likeness (QED) is 0.567. The topological polar surface area (TPSA) is 17.1 Å². The standard InChI is InChI=1S/C16H12O/c17-16-6-5-11-8-14-12(9-15(11)16)7-10-3-1-2-4-13(10)14/h1-4,8-9H,5-7H2. The Balaban J connectivity index is 1.99. The van der Waals surface area contributed by atoms with Crippen LogP contribution in [0.5, 0.6) is 0 Å². The SMILES string of the molecule is O=C1CCc2cc3c(cc21)Cc1ccccc1-3. The Bertz CT molecular complexity index is 653. The third-order valence-corrected chi connectivity index (χ3v) is 3.94. The Morgan fingerprint density at radius 3 is 2.53 bits per heavy atom. The fraction of sp³-hybridized carbons (Fsp3) is 0.188. The van der Waals surface area contributed by atoms with Crippen molar-refractivity contribution < 1.29 is 4.79 Å². The number of hydrogen-bond donors (Lipinski definition) is 0. The van der Waals surface area contributed by atoms with Crippen LogP contribution >= 0.6 is 0 Å². The molecule has 2 aliphatic carbocycles. The van der Waals surface area contributed by atoms with E-state index in [4.69, 9.17) is 0 Å². The van der Waals surface area contributed by atoms with E-state index < -0.39 is 0 Å². The molecule has 2 aliphatic rings. The number of carbonyl (C=O) groups is 1. The maximum atomic E-state index is 11.7. The first kappa shape index (κ1) is 9.17. The van der Waals surface area contributed by atoms with Crippen LogP contribution in [0.2, 0.25) is 0 Å². The van der Waals surface area contributed by atoms with Gasteiger partial charge in [0.1, 0.15) is 0 Å². The van der Waals surface area contributed by atoms with Crippen LogP contribution in [-0.4, -0.2) is 5.78 Å². The van der Waals surface area contributed by atoms with E-state index in [-0.39, 0.29) is 0 Å². The van der Waals surface area contributed by atoms with Crippen LogP contribution in [0.1, 0.15) is 33.5 Å². The maximum Gasteiger partial charge on any atom is 0.163 e. The normalized spacial score (nSPS) is 15.6. The summed E-state index contributed by atoms with van der Waals surface area (Å²) in [5, 5.41) is 0. The van der Waals surface area contributed by atoms with Crippen molar-refractivity contribution in [2.45, 2.75) is 19.3 Å². The molecule has 82 valence electrons. The van der Waals surface area contributed by atoms with Crippen LogP contribution in [0.15, 0.2) is 36.4 Å². The van der Waals surface area contributed by atoms with E-state index in [1.54, 1.807) is 0 Å². The Morgan fingerprint density at radius 2 is 1.59 bits per heavy atom. The summed E-state index contributed by atoms with van der Waals surface area (Å²) in [7, 11) is 0. The first-order valence-electron chi connectivity index (χ1n) is 6.10. The Hall–Kier alpha value is -1.89. The monoisotopic (exact) mass is 220 g/mol. The van der Waals surface area contributed by atoms with Crippen molar-refractivity contribution in [3.63, 3.8) is 0 Å². The van der Waals surface area contributed by atoms with Gasteiger partial charge in [0.25, 0.3) is 0 Å². The van der Waals surface area contributed by atoms with Crippen LogP contribution in [0.4, 0.5) is 0 Å². The van der Waals surface area contributed by atoms with E-state index >= 15 is 0 Å². The van der Waals surface area contributed by atoms with Crippen LogP contribution in [0.25, 0.3) is 11.1 Å². The molecule has 0 bridgehead atoms. The summed E-state index contributed by atoms with van der Waals surface area (Å²) < 4.78 is 0. The minimum Gasteiger partial charge on any atom is -0.294 e. The van der Waals surface area contributed by atoms with Gasteiger partial charge in [-0.1, -0.05) is 30.3 Å². The second-order valence-electron chi connectivity index (χ2n) is 4.92. The second-order valence-corrected chi connectivity index (χ2v) is 4.92. The van der Waals surface area contributed by atoms with Crippen LogP contribution < -0.4 is 0 Å². The van der Waals surface area contributed by atoms with Gasteiger partial charge in [-0.3, -0.25) is 4.79 Å². The first-order valence-corrected chi connectivity index (χ1v) is 6.10. The van der Waals surface area contributed by atoms with E-state index in [9.17, 15) is 4.79 Å². The zero-order valence-corrected chi connectivity index (χ0v) is 9.49. The average molecular weight is 220 g/mol. The van der Waals surface area contributed by atoms with Gasteiger partial charge in [-0.25, -0.2) is 0 Å². The number of aryl methyl sites for hydroxylation is 1. The van der Waals surface area contributed by atoms with E-state index in [0.717, 1.165) is 18.4 Å². The molecule has 0 spiro atoms. The van der Waals surface area contributed by atoms with E-state index in [1.165, 1.54) is 27.8 Å². The van der Waals surface area contributed by atoms with Crippen molar-refractivity contribution in [2.75, 3.05) is 0 Å². The van der Waals surface area contributed by atoms with Gasteiger partial charge in [-0.05, 0) is 46.7 Å². The van der Waals surface area contributed by atoms with Crippen molar-refractivity contribution in [2.24, 2.45) is 0 Å². The minimum atomic E-state index is 0.318. The molecule has 0 atom stereocenters. The van der Waals surface area contributed by atoms with Crippen molar-refractivity contribution in [1.82, 2.24) is 0 Å². The molecule has 0 aromatic heterocycles. The second kappa shape index (κ2) is 3.07. The molecule has 0 heterocycles. The van der Waals surface area contributed by atoms with Crippen LogP contribution in [-0.2, 0) is 12.8 Å². The fourth-order valence-corrected chi connectivity index (χ4v) is 3.08. The molecule has 0 fully saturated rings. The zero-order valence-electron chi connectivity index (χ0n) is 9.49. The lowest BCUT2D eigenvalue weighted by Crippen LogP contribution is -1.93. The molecule has 0 saturated heterocycles. The van der Waals surface area contributed by atoms with Gasteiger partial charge in [-0.2, -0.15) is 0 Å². The number of carbonyl (C=O) groups excluding carboxylic acids is 1. The number of benzene rings is 2. The lowest BCUT2D eigenvalue weighted by atomic mass is 10.00. The molecule has 0 radical (unpaired) electrons. The van der Waals surface area contributed by atoms with Crippen molar-refractivity contribution >= 4 is 5.78 Å². The van der Waals surface area contributed by atoms with Gasteiger partial charge in [0.05, 0.1) is 0 Å². The molecule has 17 heavy (non-hydrogen) atoms. The Morgan fingerprint density at radius 1 is 0.765 bits per heavy atom. The van der Waals surface area contributed by atoms with Crippen LogP contribution in [0.3, 0.4) is 0 Å². The summed E-state index contributed by atoms with van der Waals surface area (Å²) >= 11 is 0. The predicted octanol–water partition coefficient (Wildman–Crippen LogP) is 3.39. The van der Waals surface area contributed by atoms with Crippen molar-refractivity contribution in [3.8, 4) is 11.1 Å². The minimum absolute atomic E-state index is 0.318. The predicted molar refractivity (Wildman–Crippen MR) is 67.3 cm³/mol. The van der Waals surface area contributed by atoms with E-state index in [0.29, 0.717) is 12.2 Å². The molecule has 0 saturated carbocycles. The summed E-state index contributed by atoms with van der Waals surface area (Å²) in [6.45, 7) is 0. The number of fused-ring (bicyclic) bond motifs is 4. The summed E-state index contributed by atoms with van der Waals surface area (Å²) in [5.41, 5.74) is 7.61. The van der Waals surface area contributed by atoms with Crippen molar-refractivity contribution in [1.29, 1.82) is 0 Å². The van der Waals surface area contributed by atoms with Gasteiger partial charge < -0.3 is 0 Å². The van der Waals surface area contributed by atoms with Gasteiger partial charge in [0.15, 0.2) is 5.78 Å². The lowest BCUT2D eigenvalue weighted by Gasteiger charge is -2.04. The average Bonchev–Trinajstić information content (AvgIpc) is 2.88. The number of Topliss-reactive ketones (excluding diaryl/α,β-unsaturated/α-hetero) is 1.